The van der Waals surface area contributed by atoms with E-state index in [0.29, 0.717) is 0 Å². The summed E-state index contributed by atoms with van der Waals surface area (Å²) >= 11 is 0. The Morgan fingerprint density at radius 3 is 1.76 bits per heavy atom. The van der Waals surface area contributed by atoms with Crippen LogP contribution < -0.4 is 10.6 Å². The van der Waals surface area contributed by atoms with Crippen LogP contribution in [0.25, 0.3) is 0 Å². The molecule has 2 aromatic carbocycles. The van der Waals surface area contributed by atoms with Crippen LogP contribution in [0.3, 0.4) is 0 Å². The lowest BCUT2D eigenvalue weighted by atomic mass is 9.97. The minimum atomic E-state index is -0.957. The molecule has 4 rings (SSSR count). The van der Waals surface area contributed by atoms with Gasteiger partial charge >= 0.3 is 11.9 Å². The average Bonchev–Trinajstić information content (AvgIpc) is 3.18. The molecule has 29 heavy (non-hydrogen) atoms. The Morgan fingerprint density at radius 1 is 0.862 bits per heavy atom. The number of fused-ring (bicyclic) bond motifs is 2. The van der Waals surface area contributed by atoms with E-state index in [4.69, 9.17) is 5.11 Å². The van der Waals surface area contributed by atoms with Gasteiger partial charge in [0.15, 0.2) is 0 Å². The number of benzene rings is 2. The van der Waals surface area contributed by atoms with Crippen molar-refractivity contribution in [3.63, 3.8) is 0 Å². The molecule has 2 amide bonds. The van der Waals surface area contributed by atoms with E-state index in [0.717, 1.165) is 22.5 Å². The summed E-state index contributed by atoms with van der Waals surface area (Å²) < 4.78 is 4.56. The standard InChI is InChI=1S/C11H11NO3.C10H9NO3/c1-15-10(13)6-8-7-4-2-3-5-9(7)12-11(8)14;12-9(13)5-7-6-3-1-2-4-8(6)11-10(7)14/h2-5,8H,6H2,1H3,(H,12,14);1-4,7H,5H2,(H,11,14)(H,12,13). The first-order valence-electron chi connectivity index (χ1n) is 8.99. The van der Waals surface area contributed by atoms with E-state index in [1.165, 1.54) is 7.11 Å². The SMILES string of the molecule is COC(=O)CC1C(=O)Nc2ccccc21.O=C(O)CC1C(=O)Nc2ccccc21. The summed E-state index contributed by atoms with van der Waals surface area (Å²) in [6, 6.07) is 14.5. The van der Waals surface area contributed by atoms with Gasteiger partial charge in [0, 0.05) is 11.4 Å². The lowest BCUT2D eigenvalue weighted by Gasteiger charge is -2.06. The van der Waals surface area contributed by atoms with Gasteiger partial charge < -0.3 is 20.5 Å². The van der Waals surface area contributed by atoms with Gasteiger partial charge in [-0.1, -0.05) is 36.4 Å². The van der Waals surface area contributed by atoms with Crippen molar-refractivity contribution in [3.8, 4) is 0 Å². The molecule has 150 valence electrons. The lowest BCUT2D eigenvalue weighted by molar-refractivity contribution is -0.142. The second-order valence-corrected chi connectivity index (χ2v) is 6.64. The van der Waals surface area contributed by atoms with Crippen molar-refractivity contribution in [2.24, 2.45) is 0 Å². The summed E-state index contributed by atoms with van der Waals surface area (Å²) in [5, 5.41) is 14.0. The number of carboxylic acid groups (broad SMARTS) is 1. The molecule has 8 heteroatoms. The predicted molar refractivity (Wildman–Crippen MR) is 105 cm³/mol. The quantitative estimate of drug-likeness (QED) is 0.683. The first-order valence-corrected chi connectivity index (χ1v) is 8.99. The normalized spacial score (nSPS) is 18.5. The van der Waals surface area contributed by atoms with Crippen molar-refractivity contribution in [1.82, 2.24) is 0 Å². The molecule has 2 heterocycles. The fraction of sp³-hybridized carbons (Fsp3) is 0.238. The van der Waals surface area contributed by atoms with Crippen LogP contribution in [0.15, 0.2) is 48.5 Å². The molecule has 0 bridgehead atoms. The summed E-state index contributed by atoms with van der Waals surface area (Å²) in [6.07, 6.45) is -0.0534. The van der Waals surface area contributed by atoms with Crippen LogP contribution in [-0.2, 0) is 23.9 Å². The number of nitrogens with one attached hydrogen (secondary N) is 2. The number of carboxylic acids is 1. The fourth-order valence-corrected chi connectivity index (χ4v) is 3.38. The van der Waals surface area contributed by atoms with E-state index >= 15 is 0 Å². The largest absolute Gasteiger partial charge is 0.481 e. The number of rotatable bonds is 4. The molecule has 2 aromatic rings. The minimum Gasteiger partial charge on any atom is -0.481 e. The zero-order chi connectivity index (χ0) is 21.0. The number of para-hydroxylation sites is 2. The average molecular weight is 396 g/mol. The van der Waals surface area contributed by atoms with Crippen molar-refractivity contribution in [1.29, 1.82) is 0 Å². The summed E-state index contributed by atoms with van der Waals surface area (Å²) in [4.78, 5) is 44.6. The zero-order valence-corrected chi connectivity index (χ0v) is 15.7. The third-order valence-corrected chi connectivity index (χ3v) is 4.80. The van der Waals surface area contributed by atoms with Gasteiger partial charge in [-0.3, -0.25) is 19.2 Å². The van der Waals surface area contributed by atoms with Crippen molar-refractivity contribution in [2.45, 2.75) is 24.7 Å². The van der Waals surface area contributed by atoms with Crippen molar-refractivity contribution in [2.75, 3.05) is 17.7 Å². The molecule has 2 atom stereocenters. The van der Waals surface area contributed by atoms with Crippen molar-refractivity contribution >= 4 is 35.1 Å². The molecular formula is C21H20N2O6. The molecule has 0 radical (unpaired) electrons. The van der Waals surface area contributed by atoms with E-state index < -0.39 is 17.8 Å². The minimum absolute atomic E-state index is 0.0966. The van der Waals surface area contributed by atoms with Gasteiger partial charge in [0.1, 0.15) is 0 Å². The molecule has 8 nitrogen and oxygen atoms in total. The number of hydrogen-bond acceptors (Lipinski definition) is 5. The van der Waals surface area contributed by atoms with Crippen LogP contribution in [0.4, 0.5) is 11.4 Å². The first-order chi connectivity index (χ1) is 13.9. The number of anilines is 2. The molecule has 0 saturated heterocycles. The van der Waals surface area contributed by atoms with Crippen LogP contribution in [0, 0.1) is 0 Å². The fourth-order valence-electron chi connectivity index (χ4n) is 3.38. The highest BCUT2D eigenvalue weighted by atomic mass is 16.5. The predicted octanol–water partition coefficient (Wildman–Crippen LogP) is 2.48. The molecule has 2 aliphatic heterocycles. The number of ether oxygens (including phenoxy) is 1. The maximum absolute atomic E-state index is 11.6. The highest BCUT2D eigenvalue weighted by Gasteiger charge is 2.32. The van der Waals surface area contributed by atoms with Crippen molar-refractivity contribution < 1.29 is 29.0 Å². The van der Waals surface area contributed by atoms with Gasteiger partial charge in [-0.2, -0.15) is 0 Å². The van der Waals surface area contributed by atoms with Crippen LogP contribution in [0.2, 0.25) is 0 Å². The third kappa shape index (κ3) is 4.43. The molecular weight excluding hydrogens is 376 g/mol. The van der Waals surface area contributed by atoms with E-state index in [-0.39, 0.29) is 30.6 Å². The van der Waals surface area contributed by atoms with Crippen LogP contribution in [0.1, 0.15) is 35.8 Å². The molecule has 0 spiro atoms. The van der Waals surface area contributed by atoms with E-state index in [2.05, 4.69) is 15.4 Å². The molecule has 2 unspecified atom stereocenters. The Balaban J connectivity index is 0.000000166. The Hall–Kier alpha value is -3.68. The Morgan fingerprint density at radius 2 is 1.31 bits per heavy atom. The van der Waals surface area contributed by atoms with Crippen LogP contribution >= 0.6 is 0 Å². The molecule has 0 aromatic heterocycles. The number of carbonyl (C=O) groups is 4. The lowest BCUT2D eigenvalue weighted by Crippen LogP contribution is -2.16. The topological polar surface area (TPSA) is 122 Å². The number of hydrogen-bond donors (Lipinski definition) is 3. The van der Waals surface area contributed by atoms with E-state index in [1.807, 2.05) is 30.3 Å². The number of aliphatic carboxylic acids is 1. The van der Waals surface area contributed by atoms with Gasteiger partial charge in [0.2, 0.25) is 11.8 Å². The number of esters is 1. The monoisotopic (exact) mass is 396 g/mol. The maximum atomic E-state index is 11.6. The molecule has 0 fully saturated rings. The molecule has 2 aliphatic rings. The number of carbonyl (C=O) groups excluding carboxylic acids is 3. The molecule has 0 saturated carbocycles. The second-order valence-electron chi connectivity index (χ2n) is 6.64. The summed E-state index contributed by atoms with van der Waals surface area (Å²) in [5.41, 5.74) is 3.16. The van der Waals surface area contributed by atoms with Gasteiger partial charge in [0.05, 0.1) is 31.8 Å². The first kappa shape index (κ1) is 20.1. The number of methoxy groups -OCH3 is 1. The van der Waals surface area contributed by atoms with Gasteiger partial charge in [-0.05, 0) is 23.3 Å². The van der Waals surface area contributed by atoms with Gasteiger partial charge in [-0.25, -0.2) is 0 Å². The molecule has 0 aliphatic carbocycles. The summed E-state index contributed by atoms with van der Waals surface area (Å²) in [6.45, 7) is 0. The van der Waals surface area contributed by atoms with E-state index in [9.17, 15) is 19.2 Å². The highest BCUT2D eigenvalue weighted by Crippen LogP contribution is 2.35. The summed E-state index contributed by atoms with van der Waals surface area (Å²) in [5.74, 6) is -2.64. The second kappa shape index (κ2) is 8.55. The number of amides is 2. The molecule has 3 N–H and O–H groups in total. The van der Waals surface area contributed by atoms with Gasteiger partial charge in [0.25, 0.3) is 0 Å². The smallest absolute Gasteiger partial charge is 0.306 e. The Bertz CT molecular complexity index is 971. The maximum Gasteiger partial charge on any atom is 0.306 e. The van der Waals surface area contributed by atoms with Gasteiger partial charge in [-0.15, -0.1) is 0 Å². The Labute approximate surface area is 166 Å². The van der Waals surface area contributed by atoms with Crippen LogP contribution in [-0.4, -0.2) is 36.0 Å². The zero-order valence-electron chi connectivity index (χ0n) is 15.7. The van der Waals surface area contributed by atoms with Crippen molar-refractivity contribution in [3.05, 3.63) is 59.7 Å². The third-order valence-electron chi connectivity index (χ3n) is 4.80. The van der Waals surface area contributed by atoms with Crippen LogP contribution in [0.5, 0.6) is 0 Å². The highest BCUT2D eigenvalue weighted by molar-refractivity contribution is 6.05. The summed E-state index contributed by atoms with van der Waals surface area (Å²) in [7, 11) is 1.32. The van der Waals surface area contributed by atoms with E-state index in [1.54, 1.807) is 18.2 Å². The Kier molecular flexibility index (Phi) is 5.92.